The molecule has 0 saturated heterocycles. The van der Waals surface area contributed by atoms with E-state index in [1.807, 2.05) is 12.1 Å². The van der Waals surface area contributed by atoms with Gasteiger partial charge in [0.25, 0.3) is 0 Å². The number of rotatable bonds is 5. The maximum Gasteiger partial charge on any atom is 0.213 e. The monoisotopic (exact) mass is 277 g/mol. The Kier molecular flexibility index (Phi) is 3.35. The maximum absolute atomic E-state index is 9.55. The number of nitrogens with zero attached hydrogens (tertiary/aromatic N) is 3. The Hall–Kier alpha value is -1.66. The second-order valence-electron chi connectivity index (χ2n) is 4.34. The van der Waals surface area contributed by atoms with E-state index in [4.69, 9.17) is 4.42 Å². The van der Waals surface area contributed by atoms with Gasteiger partial charge >= 0.3 is 0 Å². The van der Waals surface area contributed by atoms with Crippen LogP contribution in [0, 0.1) is 0 Å². The van der Waals surface area contributed by atoms with Crippen molar-refractivity contribution in [2.24, 2.45) is 0 Å². The Morgan fingerprint density at radius 2 is 2.37 bits per heavy atom. The standard InChI is InChI=1S/C13H15N3O2S/c1-2-3-6-11-15-16-9(8-17)12(14-13(16)19-11)10-5-4-7-18-10/h4-5,7,17H,2-3,6,8H2,1H3. The van der Waals surface area contributed by atoms with Gasteiger partial charge < -0.3 is 9.52 Å². The van der Waals surface area contributed by atoms with Gasteiger partial charge in [-0.15, -0.1) is 0 Å². The lowest BCUT2D eigenvalue weighted by molar-refractivity contribution is 0.274. The molecule has 0 spiro atoms. The maximum atomic E-state index is 9.55. The van der Waals surface area contributed by atoms with Gasteiger partial charge in [0, 0.05) is 6.42 Å². The minimum Gasteiger partial charge on any atom is -0.463 e. The number of aryl methyl sites for hydroxylation is 1. The summed E-state index contributed by atoms with van der Waals surface area (Å²) in [6.07, 6.45) is 4.83. The molecule has 0 radical (unpaired) electrons. The third kappa shape index (κ3) is 2.17. The van der Waals surface area contributed by atoms with Crippen LogP contribution in [0.1, 0.15) is 30.5 Å². The van der Waals surface area contributed by atoms with Crippen molar-refractivity contribution in [2.45, 2.75) is 32.8 Å². The van der Waals surface area contributed by atoms with Crippen LogP contribution in [0.25, 0.3) is 16.4 Å². The molecule has 0 bridgehead atoms. The van der Waals surface area contributed by atoms with Gasteiger partial charge in [-0.05, 0) is 18.6 Å². The predicted molar refractivity (Wildman–Crippen MR) is 73.1 cm³/mol. The van der Waals surface area contributed by atoms with Crippen LogP contribution in [0.4, 0.5) is 0 Å². The van der Waals surface area contributed by atoms with E-state index in [1.165, 1.54) is 0 Å². The molecule has 19 heavy (non-hydrogen) atoms. The van der Waals surface area contributed by atoms with Crippen molar-refractivity contribution in [3.05, 3.63) is 29.1 Å². The molecule has 3 aromatic rings. The number of aromatic nitrogens is 3. The molecule has 0 aliphatic heterocycles. The number of aliphatic hydroxyl groups is 1. The first kappa shape index (κ1) is 12.4. The van der Waals surface area contributed by atoms with E-state index in [0.717, 1.165) is 29.2 Å². The Morgan fingerprint density at radius 1 is 1.47 bits per heavy atom. The molecule has 3 rings (SSSR count). The second kappa shape index (κ2) is 5.14. The molecule has 0 aromatic carbocycles. The molecule has 1 N–H and O–H groups in total. The Morgan fingerprint density at radius 3 is 3.05 bits per heavy atom. The normalized spacial score (nSPS) is 11.5. The minimum absolute atomic E-state index is 0.103. The van der Waals surface area contributed by atoms with E-state index in [9.17, 15) is 5.11 Å². The summed E-state index contributed by atoms with van der Waals surface area (Å²) in [5.41, 5.74) is 1.36. The Balaban J connectivity index is 2.04. The van der Waals surface area contributed by atoms with Crippen LogP contribution in [0.3, 0.4) is 0 Å². The van der Waals surface area contributed by atoms with E-state index < -0.39 is 0 Å². The molecule has 5 nitrogen and oxygen atoms in total. The van der Waals surface area contributed by atoms with Crippen molar-refractivity contribution in [2.75, 3.05) is 0 Å². The zero-order chi connectivity index (χ0) is 13.2. The lowest BCUT2D eigenvalue weighted by Crippen LogP contribution is -1.96. The number of unbranched alkanes of at least 4 members (excludes halogenated alkanes) is 1. The first-order chi connectivity index (χ1) is 9.33. The summed E-state index contributed by atoms with van der Waals surface area (Å²) in [6, 6.07) is 3.65. The van der Waals surface area contributed by atoms with Crippen molar-refractivity contribution in [3.63, 3.8) is 0 Å². The SMILES string of the molecule is CCCCc1nn2c(CO)c(-c3ccco3)nc2s1. The molecule has 0 aliphatic rings. The highest BCUT2D eigenvalue weighted by Gasteiger charge is 2.18. The molecule has 0 atom stereocenters. The fourth-order valence-corrected chi connectivity index (χ4v) is 2.97. The predicted octanol–water partition coefficient (Wildman–Crippen LogP) is 2.89. The molecular weight excluding hydrogens is 262 g/mol. The molecule has 0 saturated carbocycles. The Bertz CT molecular complexity index is 669. The Labute approximate surface area is 114 Å². The van der Waals surface area contributed by atoms with Crippen molar-refractivity contribution in [3.8, 4) is 11.5 Å². The van der Waals surface area contributed by atoms with Crippen molar-refractivity contribution in [1.82, 2.24) is 14.6 Å². The smallest absolute Gasteiger partial charge is 0.213 e. The quantitative estimate of drug-likeness (QED) is 0.779. The summed E-state index contributed by atoms with van der Waals surface area (Å²) < 4.78 is 7.08. The van der Waals surface area contributed by atoms with Crippen LogP contribution in [0.5, 0.6) is 0 Å². The van der Waals surface area contributed by atoms with Gasteiger partial charge in [0.1, 0.15) is 16.4 Å². The molecule has 6 heteroatoms. The minimum atomic E-state index is -0.103. The van der Waals surface area contributed by atoms with E-state index in [0.29, 0.717) is 17.1 Å². The molecule has 0 aliphatic carbocycles. The van der Waals surface area contributed by atoms with Crippen LogP contribution in [0.2, 0.25) is 0 Å². The molecule has 0 amide bonds. The van der Waals surface area contributed by atoms with Gasteiger partial charge in [-0.3, -0.25) is 0 Å². The number of fused-ring (bicyclic) bond motifs is 1. The fourth-order valence-electron chi connectivity index (χ4n) is 2.01. The number of furan rings is 1. The fraction of sp³-hybridized carbons (Fsp3) is 0.385. The summed E-state index contributed by atoms with van der Waals surface area (Å²) in [7, 11) is 0. The second-order valence-corrected chi connectivity index (χ2v) is 5.38. The molecule has 0 unspecified atom stereocenters. The number of hydrogen-bond donors (Lipinski definition) is 1. The topological polar surface area (TPSA) is 63.6 Å². The van der Waals surface area contributed by atoms with Crippen LogP contribution < -0.4 is 0 Å². The lowest BCUT2D eigenvalue weighted by Gasteiger charge is -1.96. The molecular formula is C13H15N3O2S. The highest BCUT2D eigenvalue weighted by Crippen LogP contribution is 2.27. The summed E-state index contributed by atoms with van der Waals surface area (Å²) in [5.74, 6) is 0.664. The number of hydrogen-bond acceptors (Lipinski definition) is 5. The van der Waals surface area contributed by atoms with Gasteiger partial charge in [-0.2, -0.15) is 5.10 Å². The van der Waals surface area contributed by atoms with Gasteiger partial charge in [0.15, 0.2) is 5.76 Å². The summed E-state index contributed by atoms with van der Waals surface area (Å²) in [6.45, 7) is 2.06. The largest absolute Gasteiger partial charge is 0.463 e. The van der Waals surface area contributed by atoms with E-state index in [-0.39, 0.29) is 6.61 Å². The van der Waals surface area contributed by atoms with Gasteiger partial charge in [-0.25, -0.2) is 9.50 Å². The molecule has 0 fully saturated rings. The molecule has 3 aromatic heterocycles. The van der Waals surface area contributed by atoms with Gasteiger partial charge in [-0.1, -0.05) is 24.7 Å². The van der Waals surface area contributed by atoms with Crippen LogP contribution >= 0.6 is 11.3 Å². The third-order valence-electron chi connectivity index (χ3n) is 2.99. The van der Waals surface area contributed by atoms with Crippen LogP contribution in [-0.4, -0.2) is 19.7 Å². The summed E-state index contributed by atoms with van der Waals surface area (Å²) in [5, 5.41) is 15.1. The first-order valence-electron chi connectivity index (χ1n) is 6.35. The third-order valence-corrected chi connectivity index (χ3v) is 3.96. The van der Waals surface area contributed by atoms with E-state index in [1.54, 1.807) is 22.1 Å². The van der Waals surface area contributed by atoms with E-state index in [2.05, 4.69) is 17.0 Å². The van der Waals surface area contributed by atoms with Crippen LogP contribution in [-0.2, 0) is 13.0 Å². The average molecular weight is 277 g/mol. The van der Waals surface area contributed by atoms with Crippen molar-refractivity contribution >= 4 is 16.3 Å². The highest BCUT2D eigenvalue weighted by atomic mass is 32.1. The molecule has 100 valence electrons. The summed E-state index contributed by atoms with van der Waals surface area (Å²) in [4.78, 5) is 5.33. The zero-order valence-electron chi connectivity index (χ0n) is 10.7. The van der Waals surface area contributed by atoms with Gasteiger partial charge in [0.2, 0.25) is 4.96 Å². The first-order valence-corrected chi connectivity index (χ1v) is 7.17. The average Bonchev–Trinajstić information content (AvgIpc) is 3.10. The lowest BCUT2D eigenvalue weighted by atomic mass is 10.2. The number of aliphatic hydroxyl groups excluding tert-OH is 1. The highest BCUT2D eigenvalue weighted by molar-refractivity contribution is 7.16. The zero-order valence-corrected chi connectivity index (χ0v) is 11.5. The van der Waals surface area contributed by atoms with Crippen LogP contribution in [0.15, 0.2) is 22.8 Å². The number of imidazole rings is 1. The summed E-state index contributed by atoms with van der Waals surface area (Å²) >= 11 is 1.57. The van der Waals surface area contributed by atoms with Crippen molar-refractivity contribution < 1.29 is 9.52 Å². The van der Waals surface area contributed by atoms with Gasteiger partial charge in [0.05, 0.1) is 12.9 Å². The van der Waals surface area contributed by atoms with E-state index >= 15 is 0 Å². The van der Waals surface area contributed by atoms with Crippen molar-refractivity contribution in [1.29, 1.82) is 0 Å². The molecule has 3 heterocycles.